The van der Waals surface area contributed by atoms with Crippen LogP contribution in [0.3, 0.4) is 0 Å². The van der Waals surface area contributed by atoms with E-state index in [-0.39, 0.29) is 11.9 Å². The van der Waals surface area contributed by atoms with E-state index in [9.17, 15) is 4.79 Å². The Morgan fingerprint density at radius 3 is 2.50 bits per heavy atom. The lowest BCUT2D eigenvalue weighted by Gasteiger charge is -2.13. The lowest BCUT2D eigenvalue weighted by Crippen LogP contribution is -2.32. The van der Waals surface area contributed by atoms with E-state index in [2.05, 4.69) is 10.4 Å². The fraction of sp³-hybridized carbons (Fsp3) is 0.263. The van der Waals surface area contributed by atoms with Crippen LogP contribution in [0, 0.1) is 6.92 Å². The second-order valence-electron chi connectivity index (χ2n) is 6.00. The standard InChI is InChI=1S/C19H22N4O/c1-4-15(3)21-18(24)17-13-20-23(16-9-7-14(2)8-10-16)19(17)22-11-5-6-12-22/h5-13,15H,4H2,1-3H3,(H,21,24)/t15-/m0/s1. The maximum absolute atomic E-state index is 12.7. The molecule has 0 aliphatic rings. The van der Waals surface area contributed by atoms with Gasteiger partial charge in [0.2, 0.25) is 0 Å². The molecule has 0 aliphatic heterocycles. The summed E-state index contributed by atoms with van der Waals surface area (Å²) in [4.78, 5) is 12.7. The van der Waals surface area contributed by atoms with Crippen LogP contribution in [-0.4, -0.2) is 26.3 Å². The van der Waals surface area contributed by atoms with Gasteiger partial charge in [0, 0.05) is 18.4 Å². The fourth-order valence-corrected chi connectivity index (χ4v) is 2.50. The first-order valence-corrected chi connectivity index (χ1v) is 8.19. The predicted octanol–water partition coefficient (Wildman–Crippen LogP) is 3.50. The summed E-state index contributed by atoms with van der Waals surface area (Å²) in [6.45, 7) is 6.09. The first-order valence-electron chi connectivity index (χ1n) is 8.19. The van der Waals surface area contributed by atoms with E-state index in [0.29, 0.717) is 5.56 Å². The van der Waals surface area contributed by atoms with Gasteiger partial charge < -0.3 is 9.88 Å². The fourth-order valence-electron chi connectivity index (χ4n) is 2.50. The maximum atomic E-state index is 12.7. The Labute approximate surface area is 141 Å². The highest BCUT2D eigenvalue weighted by Gasteiger charge is 2.20. The Balaban J connectivity index is 2.08. The largest absolute Gasteiger partial charge is 0.349 e. The van der Waals surface area contributed by atoms with Crippen molar-refractivity contribution < 1.29 is 4.79 Å². The molecule has 2 heterocycles. The molecule has 0 fully saturated rings. The van der Waals surface area contributed by atoms with Crippen molar-refractivity contribution in [3.05, 3.63) is 66.1 Å². The lowest BCUT2D eigenvalue weighted by atomic mass is 10.2. The Morgan fingerprint density at radius 2 is 1.88 bits per heavy atom. The molecule has 5 heteroatoms. The minimum Gasteiger partial charge on any atom is -0.349 e. The van der Waals surface area contributed by atoms with Gasteiger partial charge >= 0.3 is 0 Å². The van der Waals surface area contributed by atoms with Crippen molar-refractivity contribution in [2.45, 2.75) is 33.2 Å². The third kappa shape index (κ3) is 3.11. The molecule has 3 aromatic rings. The topological polar surface area (TPSA) is 51.9 Å². The second-order valence-corrected chi connectivity index (χ2v) is 6.00. The van der Waals surface area contributed by atoms with E-state index < -0.39 is 0 Å². The van der Waals surface area contributed by atoms with Crippen LogP contribution >= 0.6 is 0 Å². The molecule has 0 saturated carbocycles. The molecule has 1 N–H and O–H groups in total. The normalized spacial score (nSPS) is 12.1. The van der Waals surface area contributed by atoms with Gasteiger partial charge in [-0.2, -0.15) is 5.10 Å². The smallest absolute Gasteiger partial charge is 0.256 e. The van der Waals surface area contributed by atoms with Crippen molar-refractivity contribution >= 4 is 5.91 Å². The number of carbonyl (C=O) groups excluding carboxylic acids is 1. The number of hydrogen-bond acceptors (Lipinski definition) is 2. The molecule has 1 aromatic carbocycles. The average molecular weight is 322 g/mol. The Hall–Kier alpha value is -2.82. The zero-order chi connectivity index (χ0) is 17.1. The molecule has 0 unspecified atom stereocenters. The highest BCUT2D eigenvalue weighted by Crippen LogP contribution is 2.20. The molecule has 124 valence electrons. The third-order valence-corrected chi connectivity index (χ3v) is 4.11. The monoisotopic (exact) mass is 322 g/mol. The van der Waals surface area contributed by atoms with Crippen LogP contribution in [0.1, 0.15) is 36.2 Å². The quantitative estimate of drug-likeness (QED) is 0.781. The number of rotatable bonds is 5. The van der Waals surface area contributed by atoms with Crippen molar-refractivity contribution in [2.75, 3.05) is 0 Å². The molecule has 0 saturated heterocycles. The predicted molar refractivity (Wildman–Crippen MR) is 94.8 cm³/mol. The molecule has 1 amide bonds. The summed E-state index contributed by atoms with van der Waals surface area (Å²) in [5, 5.41) is 7.48. The van der Waals surface area contributed by atoms with E-state index >= 15 is 0 Å². The van der Waals surface area contributed by atoms with E-state index in [1.54, 1.807) is 10.9 Å². The van der Waals surface area contributed by atoms with Gasteiger partial charge in [0.1, 0.15) is 5.56 Å². The highest BCUT2D eigenvalue weighted by molar-refractivity contribution is 5.97. The number of amides is 1. The molecule has 5 nitrogen and oxygen atoms in total. The third-order valence-electron chi connectivity index (χ3n) is 4.11. The van der Waals surface area contributed by atoms with E-state index in [4.69, 9.17) is 0 Å². The molecule has 0 radical (unpaired) electrons. The van der Waals surface area contributed by atoms with Crippen LogP contribution in [0.4, 0.5) is 0 Å². The average Bonchev–Trinajstić information content (AvgIpc) is 3.24. The Kier molecular flexibility index (Phi) is 4.51. The van der Waals surface area contributed by atoms with Crippen molar-refractivity contribution in [1.82, 2.24) is 19.7 Å². The summed E-state index contributed by atoms with van der Waals surface area (Å²) < 4.78 is 3.71. The van der Waals surface area contributed by atoms with Crippen molar-refractivity contribution in [1.29, 1.82) is 0 Å². The van der Waals surface area contributed by atoms with E-state index in [1.807, 2.05) is 74.1 Å². The van der Waals surface area contributed by atoms with E-state index in [1.165, 1.54) is 5.56 Å². The number of benzene rings is 1. The minimum atomic E-state index is -0.105. The number of hydrogen-bond donors (Lipinski definition) is 1. The number of nitrogens with one attached hydrogen (secondary N) is 1. The van der Waals surface area contributed by atoms with Gasteiger partial charge in [-0.25, -0.2) is 4.68 Å². The molecule has 0 spiro atoms. The first kappa shape index (κ1) is 16.1. The summed E-state index contributed by atoms with van der Waals surface area (Å²) in [6.07, 6.45) is 6.35. The van der Waals surface area contributed by atoms with Gasteiger partial charge in [0.15, 0.2) is 5.82 Å². The van der Waals surface area contributed by atoms with Gasteiger partial charge in [-0.05, 0) is 44.5 Å². The summed E-state index contributed by atoms with van der Waals surface area (Å²) >= 11 is 0. The van der Waals surface area contributed by atoms with Crippen LogP contribution in [0.25, 0.3) is 11.5 Å². The summed E-state index contributed by atoms with van der Waals surface area (Å²) in [5.41, 5.74) is 2.67. The van der Waals surface area contributed by atoms with Crippen LogP contribution in [0.5, 0.6) is 0 Å². The molecule has 1 atom stereocenters. The number of aromatic nitrogens is 3. The van der Waals surface area contributed by atoms with E-state index in [0.717, 1.165) is 17.9 Å². The molecule has 0 aliphatic carbocycles. The number of aryl methyl sites for hydroxylation is 1. The highest BCUT2D eigenvalue weighted by atomic mass is 16.1. The molecule has 0 bridgehead atoms. The Morgan fingerprint density at radius 1 is 1.21 bits per heavy atom. The molecular formula is C19H22N4O. The maximum Gasteiger partial charge on any atom is 0.256 e. The summed E-state index contributed by atoms with van der Waals surface area (Å²) in [7, 11) is 0. The van der Waals surface area contributed by atoms with Gasteiger partial charge in [0.05, 0.1) is 11.9 Å². The number of carbonyl (C=O) groups is 1. The second kappa shape index (κ2) is 6.74. The Bertz CT molecular complexity index is 816. The van der Waals surface area contributed by atoms with Crippen LogP contribution in [0.15, 0.2) is 55.0 Å². The van der Waals surface area contributed by atoms with Crippen molar-refractivity contribution in [3.8, 4) is 11.5 Å². The summed E-state index contributed by atoms with van der Waals surface area (Å²) in [6, 6.07) is 12.1. The van der Waals surface area contributed by atoms with Crippen LogP contribution in [0.2, 0.25) is 0 Å². The zero-order valence-electron chi connectivity index (χ0n) is 14.2. The molecule has 3 rings (SSSR count). The minimum absolute atomic E-state index is 0.105. The first-order chi connectivity index (χ1) is 11.6. The molecule has 24 heavy (non-hydrogen) atoms. The van der Waals surface area contributed by atoms with Gasteiger partial charge in [-0.15, -0.1) is 0 Å². The van der Waals surface area contributed by atoms with Gasteiger partial charge in [-0.1, -0.05) is 24.6 Å². The van der Waals surface area contributed by atoms with Crippen LogP contribution < -0.4 is 5.32 Å². The lowest BCUT2D eigenvalue weighted by molar-refractivity contribution is 0.0939. The van der Waals surface area contributed by atoms with Crippen molar-refractivity contribution in [2.24, 2.45) is 0 Å². The van der Waals surface area contributed by atoms with Crippen LogP contribution in [-0.2, 0) is 0 Å². The van der Waals surface area contributed by atoms with Gasteiger partial charge in [-0.3, -0.25) is 4.79 Å². The van der Waals surface area contributed by atoms with Gasteiger partial charge in [0.25, 0.3) is 5.91 Å². The zero-order valence-corrected chi connectivity index (χ0v) is 14.2. The summed E-state index contributed by atoms with van der Waals surface area (Å²) in [5.74, 6) is 0.635. The molecular weight excluding hydrogens is 300 g/mol. The molecule has 2 aromatic heterocycles. The van der Waals surface area contributed by atoms with Crippen molar-refractivity contribution in [3.63, 3.8) is 0 Å². The number of nitrogens with zero attached hydrogens (tertiary/aromatic N) is 3. The SMILES string of the molecule is CC[C@H](C)NC(=O)c1cnn(-c2ccc(C)cc2)c1-n1cccc1.